The summed E-state index contributed by atoms with van der Waals surface area (Å²) in [5, 5.41) is 0. The first-order valence-corrected chi connectivity index (χ1v) is 8.11. The minimum absolute atomic E-state index is 0.0947. The van der Waals surface area contributed by atoms with Crippen molar-refractivity contribution in [1.29, 1.82) is 0 Å². The van der Waals surface area contributed by atoms with E-state index in [0.29, 0.717) is 18.1 Å². The van der Waals surface area contributed by atoms with Crippen molar-refractivity contribution in [3.63, 3.8) is 0 Å². The minimum atomic E-state index is -0.105. The molecule has 3 rings (SSSR count). The lowest BCUT2D eigenvalue weighted by Crippen LogP contribution is -2.32. The van der Waals surface area contributed by atoms with Crippen LogP contribution in [0.15, 0.2) is 24.7 Å². The Morgan fingerprint density at radius 1 is 1.29 bits per heavy atom. The molecule has 1 saturated heterocycles. The Kier molecular flexibility index (Phi) is 4.80. The first kappa shape index (κ1) is 16.4. The molecule has 1 aliphatic heterocycles. The number of hydrogen-bond acceptors (Lipinski definition) is 6. The Morgan fingerprint density at radius 2 is 2.12 bits per heavy atom. The first-order chi connectivity index (χ1) is 11.5. The van der Waals surface area contributed by atoms with Gasteiger partial charge in [-0.3, -0.25) is 9.78 Å². The van der Waals surface area contributed by atoms with Gasteiger partial charge < -0.3 is 9.80 Å². The Labute approximate surface area is 141 Å². The zero-order chi connectivity index (χ0) is 17.1. The molecule has 2 aromatic heterocycles. The van der Waals surface area contributed by atoms with Gasteiger partial charge in [0, 0.05) is 25.5 Å². The van der Waals surface area contributed by atoms with Gasteiger partial charge in [0.15, 0.2) is 5.82 Å². The highest BCUT2D eigenvalue weighted by Gasteiger charge is 2.33. The molecular formula is C17H22N6O. The summed E-state index contributed by atoms with van der Waals surface area (Å²) in [6.07, 6.45) is 6.74. The van der Waals surface area contributed by atoms with Crippen LogP contribution in [0.1, 0.15) is 46.6 Å². The maximum atomic E-state index is 12.8. The average Bonchev–Trinajstić information content (AvgIpc) is 3.04. The van der Waals surface area contributed by atoms with Gasteiger partial charge in [-0.25, -0.2) is 15.0 Å². The van der Waals surface area contributed by atoms with E-state index in [4.69, 9.17) is 0 Å². The molecule has 0 spiro atoms. The van der Waals surface area contributed by atoms with E-state index in [9.17, 15) is 4.79 Å². The van der Waals surface area contributed by atoms with Gasteiger partial charge in [-0.05, 0) is 39.9 Å². The summed E-state index contributed by atoms with van der Waals surface area (Å²) in [6.45, 7) is 3.30. The van der Waals surface area contributed by atoms with Gasteiger partial charge in [0.1, 0.15) is 5.69 Å². The van der Waals surface area contributed by atoms with Crippen LogP contribution in [0.2, 0.25) is 0 Å². The van der Waals surface area contributed by atoms with E-state index >= 15 is 0 Å². The van der Waals surface area contributed by atoms with Crippen molar-refractivity contribution in [2.24, 2.45) is 0 Å². The molecule has 1 aliphatic rings. The normalized spacial score (nSPS) is 17.5. The van der Waals surface area contributed by atoms with Gasteiger partial charge in [0.2, 0.25) is 0 Å². The number of aryl methyl sites for hydroxylation is 1. The number of carbonyl (C=O) groups is 1. The number of nitrogens with zero attached hydrogens (tertiary/aromatic N) is 6. The Bertz CT molecular complexity index is 715. The zero-order valence-electron chi connectivity index (χ0n) is 14.3. The summed E-state index contributed by atoms with van der Waals surface area (Å²) < 4.78 is 0. The highest BCUT2D eigenvalue weighted by Crippen LogP contribution is 2.30. The van der Waals surface area contributed by atoms with Crippen molar-refractivity contribution in [1.82, 2.24) is 29.7 Å². The largest absolute Gasteiger partial charge is 0.327 e. The molecule has 0 saturated carbocycles. The molecule has 24 heavy (non-hydrogen) atoms. The second-order valence-corrected chi connectivity index (χ2v) is 6.34. The Morgan fingerprint density at radius 3 is 2.83 bits per heavy atom. The lowest BCUT2D eigenvalue weighted by atomic mass is 10.2. The predicted molar refractivity (Wildman–Crippen MR) is 89.2 cm³/mol. The standard InChI is InChI=1S/C17H22N6O/c1-12-9-20-14(10-19-12)17(24)23-8-4-5-15(23)16-18-7-6-13(21-16)11-22(2)3/h6-7,9-10,15H,4-5,8,11H2,1-3H3. The van der Waals surface area contributed by atoms with Crippen molar-refractivity contribution >= 4 is 5.91 Å². The maximum Gasteiger partial charge on any atom is 0.274 e. The summed E-state index contributed by atoms with van der Waals surface area (Å²) in [5.41, 5.74) is 2.13. The number of likely N-dealkylation sites (tertiary alicyclic amines) is 1. The van der Waals surface area contributed by atoms with Crippen LogP contribution in [0.4, 0.5) is 0 Å². The summed E-state index contributed by atoms with van der Waals surface area (Å²) in [7, 11) is 4.01. The SMILES string of the molecule is Cc1cnc(C(=O)N2CCCC2c2nccc(CN(C)C)n2)cn1. The molecular weight excluding hydrogens is 304 g/mol. The molecule has 0 aliphatic carbocycles. The van der Waals surface area contributed by atoms with E-state index in [1.807, 2.05) is 32.0 Å². The molecule has 7 nitrogen and oxygen atoms in total. The van der Waals surface area contributed by atoms with Crippen molar-refractivity contribution in [3.05, 3.63) is 47.6 Å². The zero-order valence-corrected chi connectivity index (χ0v) is 14.3. The third kappa shape index (κ3) is 3.56. The number of aromatic nitrogens is 4. The Hall–Kier alpha value is -2.41. The molecule has 0 bridgehead atoms. The van der Waals surface area contributed by atoms with Gasteiger partial charge >= 0.3 is 0 Å². The maximum absolute atomic E-state index is 12.8. The molecule has 1 atom stereocenters. The molecule has 2 aromatic rings. The van der Waals surface area contributed by atoms with Crippen LogP contribution in [0.5, 0.6) is 0 Å². The van der Waals surface area contributed by atoms with Crippen LogP contribution < -0.4 is 0 Å². The van der Waals surface area contributed by atoms with Gasteiger partial charge in [0.05, 0.1) is 23.6 Å². The summed E-state index contributed by atoms with van der Waals surface area (Å²) in [6, 6.07) is 1.82. The molecule has 3 heterocycles. The fourth-order valence-corrected chi connectivity index (χ4v) is 2.91. The van der Waals surface area contributed by atoms with Crippen LogP contribution in [0.25, 0.3) is 0 Å². The first-order valence-electron chi connectivity index (χ1n) is 8.11. The lowest BCUT2D eigenvalue weighted by Gasteiger charge is -2.23. The van der Waals surface area contributed by atoms with Crippen LogP contribution in [-0.2, 0) is 6.54 Å². The predicted octanol–water partition coefficient (Wildman–Crippen LogP) is 1.61. The molecule has 7 heteroatoms. The van der Waals surface area contributed by atoms with Gasteiger partial charge in [-0.2, -0.15) is 0 Å². The third-order valence-corrected chi connectivity index (χ3v) is 4.02. The van der Waals surface area contributed by atoms with E-state index < -0.39 is 0 Å². The molecule has 126 valence electrons. The number of amides is 1. The quantitative estimate of drug-likeness (QED) is 0.850. The molecule has 0 N–H and O–H groups in total. The van der Waals surface area contributed by atoms with E-state index in [1.54, 1.807) is 12.4 Å². The fraction of sp³-hybridized carbons (Fsp3) is 0.471. The van der Waals surface area contributed by atoms with Crippen LogP contribution in [0.3, 0.4) is 0 Å². The lowest BCUT2D eigenvalue weighted by molar-refractivity contribution is 0.0723. The summed E-state index contributed by atoms with van der Waals surface area (Å²) >= 11 is 0. The smallest absolute Gasteiger partial charge is 0.274 e. The van der Waals surface area contributed by atoms with Crippen molar-refractivity contribution < 1.29 is 4.79 Å². The monoisotopic (exact) mass is 326 g/mol. The third-order valence-electron chi connectivity index (χ3n) is 4.02. The topological polar surface area (TPSA) is 75.1 Å². The van der Waals surface area contributed by atoms with Gasteiger partial charge in [-0.15, -0.1) is 0 Å². The molecule has 1 amide bonds. The van der Waals surface area contributed by atoms with Crippen LogP contribution >= 0.6 is 0 Å². The van der Waals surface area contributed by atoms with Crippen LogP contribution in [0, 0.1) is 6.92 Å². The second-order valence-electron chi connectivity index (χ2n) is 6.34. The fourth-order valence-electron chi connectivity index (χ4n) is 2.91. The molecule has 0 radical (unpaired) electrons. The van der Waals surface area contributed by atoms with E-state index in [-0.39, 0.29) is 11.9 Å². The number of rotatable bonds is 4. The average molecular weight is 326 g/mol. The van der Waals surface area contributed by atoms with E-state index in [0.717, 1.165) is 30.8 Å². The number of carbonyl (C=O) groups excluding carboxylic acids is 1. The van der Waals surface area contributed by atoms with Crippen molar-refractivity contribution in [2.75, 3.05) is 20.6 Å². The van der Waals surface area contributed by atoms with Crippen molar-refractivity contribution in [3.8, 4) is 0 Å². The molecule has 0 aromatic carbocycles. The summed E-state index contributed by atoms with van der Waals surface area (Å²) in [5.74, 6) is 0.604. The Balaban J connectivity index is 1.82. The van der Waals surface area contributed by atoms with E-state index in [1.165, 1.54) is 6.20 Å². The highest BCUT2D eigenvalue weighted by atomic mass is 16.2. The molecule has 1 unspecified atom stereocenters. The van der Waals surface area contributed by atoms with Crippen LogP contribution in [-0.4, -0.2) is 56.3 Å². The van der Waals surface area contributed by atoms with E-state index in [2.05, 4.69) is 24.8 Å². The number of hydrogen-bond donors (Lipinski definition) is 0. The highest BCUT2D eigenvalue weighted by molar-refractivity contribution is 5.92. The summed E-state index contributed by atoms with van der Waals surface area (Å²) in [4.78, 5) is 34.1. The van der Waals surface area contributed by atoms with Gasteiger partial charge in [-0.1, -0.05) is 0 Å². The minimum Gasteiger partial charge on any atom is -0.327 e. The van der Waals surface area contributed by atoms with Crippen molar-refractivity contribution in [2.45, 2.75) is 32.4 Å². The molecule has 1 fully saturated rings. The van der Waals surface area contributed by atoms with Gasteiger partial charge in [0.25, 0.3) is 5.91 Å². The second kappa shape index (κ2) is 7.00.